The zero-order valence-corrected chi connectivity index (χ0v) is 12.1. The second-order valence-electron chi connectivity index (χ2n) is 4.08. The fourth-order valence-corrected chi connectivity index (χ4v) is 2.70. The van der Waals surface area contributed by atoms with Gasteiger partial charge in [0.15, 0.2) is 0 Å². The van der Waals surface area contributed by atoms with Gasteiger partial charge >= 0.3 is 0 Å². The molecule has 0 saturated heterocycles. The zero-order chi connectivity index (χ0) is 13.4. The van der Waals surface area contributed by atoms with Gasteiger partial charge < -0.3 is 15.5 Å². The van der Waals surface area contributed by atoms with Crippen LogP contribution >= 0.6 is 23.4 Å². The predicted octanol–water partition coefficient (Wildman–Crippen LogP) is 2.28. The van der Waals surface area contributed by atoms with Gasteiger partial charge in [-0.3, -0.25) is 0 Å². The lowest BCUT2D eigenvalue weighted by Gasteiger charge is -2.12. The number of rotatable bonds is 8. The number of halogens is 1. The summed E-state index contributed by atoms with van der Waals surface area (Å²) in [6.07, 6.45) is 0.407. The lowest BCUT2D eigenvalue weighted by molar-refractivity contribution is 0.113. The first kappa shape index (κ1) is 15.8. The summed E-state index contributed by atoms with van der Waals surface area (Å²) >= 11 is 7.50. The molecule has 5 heteroatoms. The number of hydrogen-bond acceptors (Lipinski definition) is 4. The smallest absolute Gasteiger partial charge is 0.0864 e. The van der Waals surface area contributed by atoms with E-state index in [-0.39, 0.29) is 6.61 Å². The fourth-order valence-electron chi connectivity index (χ4n) is 1.45. The first-order chi connectivity index (χ1) is 8.67. The molecule has 0 bridgehead atoms. The van der Waals surface area contributed by atoms with Crippen LogP contribution in [0.2, 0.25) is 5.02 Å². The van der Waals surface area contributed by atoms with Crippen molar-refractivity contribution in [3.63, 3.8) is 0 Å². The van der Waals surface area contributed by atoms with Crippen molar-refractivity contribution in [2.24, 2.45) is 0 Å². The SMILES string of the molecule is CCCNCc1ccc(Cl)cc1SCC(O)CO. The average Bonchev–Trinajstić information content (AvgIpc) is 2.38. The van der Waals surface area contributed by atoms with Crippen LogP contribution in [0.1, 0.15) is 18.9 Å². The van der Waals surface area contributed by atoms with Crippen LogP contribution in [0.25, 0.3) is 0 Å². The monoisotopic (exact) mass is 289 g/mol. The summed E-state index contributed by atoms with van der Waals surface area (Å²) in [7, 11) is 0. The van der Waals surface area contributed by atoms with E-state index < -0.39 is 6.10 Å². The third-order valence-electron chi connectivity index (χ3n) is 2.41. The molecule has 0 spiro atoms. The maximum atomic E-state index is 9.37. The highest BCUT2D eigenvalue weighted by atomic mass is 35.5. The molecule has 1 aromatic rings. The Labute approximate surface area is 118 Å². The third-order valence-corrected chi connectivity index (χ3v) is 3.89. The number of aliphatic hydroxyl groups excluding tert-OH is 2. The van der Waals surface area contributed by atoms with Crippen LogP contribution in [0, 0.1) is 0 Å². The van der Waals surface area contributed by atoms with Crippen molar-refractivity contribution in [3.05, 3.63) is 28.8 Å². The maximum absolute atomic E-state index is 9.37. The second kappa shape index (κ2) is 8.77. The molecule has 18 heavy (non-hydrogen) atoms. The van der Waals surface area contributed by atoms with E-state index >= 15 is 0 Å². The Bertz CT molecular complexity index is 363. The summed E-state index contributed by atoms with van der Waals surface area (Å²) in [5, 5.41) is 22.2. The van der Waals surface area contributed by atoms with Crippen LogP contribution in [-0.4, -0.2) is 35.2 Å². The Balaban J connectivity index is 2.64. The molecule has 0 heterocycles. The van der Waals surface area contributed by atoms with Gasteiger partial charge in [-0.15, -0.1) is 11.8 Å². The lowest BCUT2D eigenvalue weighted by atomic mass is 10.2. The topological polar surface area (TPSA) is 52.5 Å². The number of aliphatic hydroxyl groups is 2. The molecule has 0 fully saturated rings. The van der Waals surface area contributed by atoms with Crippen LogP contribution in [0.3, 0.4) is 0 Å². The van der Waals surface area contributed by atoms with Crippen molar-refractivity contribution in [2.45, 2.75) is 30.9 Å². The van der Waals surface area contributed by atoms with Crippen molar-refractivity contribution in [1.82, 2.24) is 5.32 Å². The molecule has 3 nitrogen and oxygen atoms in total. The number of benzene rings is 1. The molecule has 0 aliphatic rings. The Hall–Kier alpha value is -0.260. The minimum absolute atomic E-state index is 0.211. The first-order valence-electron chi connectivity index (χ1n) is 6.08. The van der Waals surface area contributed by atoms with E-state index in [1.807, 2.05) is 18.2 Å². The molecule has 0 saturated carbocycles. The van der Waals surface area contributed by atoms with E-state index in [1.54, 1.807) is 0 Å². The largest absolute Gasteiger partial charge is 0.394 e. The van der Waals surface area contributed by atoms with Gasteiger partial charge in [-0.25, -0.2) is 0 Å². The molecule has 0 aliphatic carbocycles. The van der Waals surface area contributed by atoms with Crippen LogP contribution < -0.4 is 5.32 Å². The minimum Gasteiger partial charge on any atom is -0.394 e. The molecule has 1 aromatic carbocycles. The van der Waals surface area contributed by atoms with E-state index in [1.165, 1.54) is 17.3 Å². The van der Waals surface area contributed by atoms with E-state index in [0.717, 1.165) is 24.4 Å². The van der Waals surface area contributed by atoms with Crippen molar-refractivity contribution < 1.29 is 10.2 Å². The second-order valence-corrected chi connectivity index (χ2v) is 5.57. The van der Waals surface area contributed by atoms with Gasteiger partial charge in [0.05, 0.1) is 12.7 Å². The normalized spacial score (nSPS) is 12.7. The number of hydrogen-bond donors (Lipinski definition) is 3. The van der Waals surface area contributed by atoms with Crippen LogP contribution in [-0.2, 0) is 6.54 Å². The Morgan fingerprint density at radius 2 is 2.22 bits per heavy atom. The Kier molecular flexibility index (Phi) is 7.70. The highest BCUT2D eigenvalue weighted by Crippen LogP contribution is 2.26. The van der Waals surface area contributed by atoms with Crippen molar-refractivity contribution in [2.75, 3.05) is 18.9 Å². The molecule has 0 radical (unpaired) electrons. The third kappa shape index (κ3) is 5.59. The molecule has 102 valence electrons. The minimum atomic E-state index is -0.689. The summed E-state index contributed by atoms with van der Waals surface area (Å²) < 4.78 is 0. The van der Waals surface area contributed by atoms with Crippen LogP contribution in [0.4, 0.5) is 0 Å². The quantitative estimate of drug-likeness (QED) is 0.508. The predicted molar refractivity (Wildman–Crippen MR) is 77.3 cm³/mol. The van der Waals surface area contributed by atoms with Gasteiger partial charge in [-0.1, -0.05) is 24.6 Å². The molecule has 1 rings (SSSR count). The molecule has 0 aromatic heterocycles. The molecule has 0 aliphatic heterocycles. The summed E-state index contributed by atoms with van der Waals surface area (Å²) in [4.78, 5) is 1.05. The number of thioether (sulfide) groups is 1. The number of nitrogens with one attached hydrogen (secondary N) is 1. The zero-order valence-electron chi connectivity index (χ0n) is 10.5. The van der Waals surface area contributed by atoms with Crippen molar-refractivity contribution in [3.8, 4) is 0 Å². The van der Waals surface area contributed by atoms with Gasteiger partial charge in [-0.2, -0.15) is 0 Å². The van der Waals surface area contributed by atoms with E-state index in [2.05, 4.69) is 12.2 Å². The molecule has 1 atom stereocenters. The summed E-state index contributed by atoms with van der Waals surface area (Å²) in [6.45, 7) is 3.69. The van der Waals surface area contributed by atoms with Gasteiger partial charge in [0, 0.05) is 22.2 Å². The summed E-state index contributed by atoms with van der Waals surface area (Å²) in [5.74, 6) is 0.470. The fraction of sp³-hybridized carbons (Fsp3) is 0.538. The highest BCUT2D eigenvalue weighted by molar-refractivity contribution is 7.99. The lowest BCUT2D eigenvalue weighted by Crippen LogP contribution is -2.16. The average molecular weight is 290 g/mol. The van der Waals surface area contributed by atoms with E-state index in [4.69, 9.17) is 16.7 Å². The molecular weight excluding hydrogens is 270 g/mol. The molecule has 1 unspecified atom stereocenters. The van der Waals surface area contributed by atoms with Crippen LogP contribution in [0.15, 0.2) is 23.1 Å². The Morgan fingerprint density at radius 1 is 1.44 bits per heavy atom. The van der Waals surface area contributed by atoms with E-state index in [0.29, 0.717) is 10.8 Å². The standard InChI is InChI=1S/C13H20ClNO2S/c1-2-5-15-7-10-3-4-11(14)6-13(10)18-9-12(17)8-16/h3-4,6,12,15-17H,2,5,7-9H2,1H3. The van der Waals surface area contributed by atoms with Gasteiger partial charge in [0.2, 0.25) is 0 Å². The Morgan fingerprint density at radius 3 is 2.89 bits per heavy atom. The van der Waals surface area contributed by atoms with Gasteiger partial charge in [0.1, 0.15) is 0 Å². The van der Waals surface area contributed by atoms with Crippen molar-refractivity contribution >= 4 is 23.4 Å². The van der Waals surface area contributed by atoms with Crippen molar-refractivity contribution in [1.29, 1.82) is 0 Å². The first-order valence-corrected chi connectivity index (χ1v) is 7.44. The van der Waals surface area contributed by atoms with Gasteiger partial charge in [0.25, 0.3) is 0 Å². The van der Waals surface area contributed by atoms with E-state index in [9.17, 15) is 5.11 Å². The summed E-state index contributed by atoms with van der Waals surface area (Å²) in [6, 6.07) is 5.77. The molecule has 3 N–H and O–H groups in total. The summed E-state index contributed by atoms with van der Waals surface area (Å²) in [5.41, 5.74) is 1.17. The van der Waals surface area contributed by atoms with Gasteiger partial charge in [-0.05, 0) is 30.7 Å². The molecule has 0 amide bonds. The maximum Gasteiger partial charge on any atom is 0.0864 e. The van der Waals surface area contributed by atoms with Crippen LogP contribution in [0.5, 0.6) is 0 Å². The molecular formula is C13H20ClNO2S. The highest BCUT2D eigenvalue weighted by Gasteiger charge is 2.07.